The number of rotatable bonds is 5. The van der Waals surface area contributed by atoms with Crippen LogP contribution in [-0.2, 0) is 0 Å². The van der Waals surface area contributed by atoms with E-state index in [1.165, 1.54) is 12.8 Å². The number of anilines is 1. The SMILES string of the molecule is C#CCC(C)Oc1cc(N)c(Cl)cc1C(=O)NC1CC2N(C)C3CCC32C1. The maximum Gasteiger partial charge on any atom is 0.255 e. The summed E-state index contributed by atoms with van der Waals surface area (Å²) >= 11 is 6.17. The average molecular weight is 388 g/mol. The molecule has 1 aromatic rings. The van der Waals surface area contributed by atoms with E-state index in [4.69, 9.17) is 28.5 Å². The number of benzene rings is 1. The van der Waals surface area contributed by atoms with Crippen LogP contribution in [0.3, 0.4) is 0 Å². The number of amides is 1. The Hall–Kier alpha value is -1.90. The maximum atomic E-state index is 13.0. The van der Waals surface area contributed by atoms with Crippen LogP contribution in [0, 0.1) is 17.8 Å². The minimum Gasteiger partial charge on any atom is -0.489 e. The molecule has 2 saturated carbocycles. The molecule has 144 valence electrons. The standard InChI is InChI=1S/C21H26ClN3O2/c1-4-5-12(2)27-17-10-16(23)15(22)9-14(17)20(26)24-13-8-19-21(11-13)7-6-18(21)25(19)3/h1,9-10,12-13,18-19H,5-8,11,23H2,2-3H3,(H,24,26). The van der Waals surface area contributed by atoms with Gasteiger partial charge in [-0.25, -0.2) is 0 Å². The van der Waals surface area contributed by atoms with Crippen LogP contribution in [0.15, 0.2) is 12.1 Å². The second-order valence-electron chi connectivity index (χ2n) is 8.29. The van der Waals surface area contributed by atoms with E-state index in [1.54, 1.807) is 12.1 Å². The number of piperidine rings is 1. The number of ether oxygens (including phenoxy) is 1. The Morgan fingerprint density at radius 1 is 1.56 bits per heavy atom. The molecule has 4 rings (SSSR count). The number of hydrogen-bond acceptors (Lipinski definition) is 4. The van der Waals surface area contributed by atoms with Crippen molar-refractivity contribution in [2.75, 3.05) is 12.8 Å². The lowest BCUT2D eigenvalue weighted by atomic mass is 9.54. The molecule has 2 aliphatic carbocycles. The van der Waals surface area contributed by atoms with Gasteiger partial charge in [0.05, 0.1) is 16.3 Å². The van der Waals surface area contributed by atoms with Crippen molar-refractivity contribution in [3.63, 3.8) is 0 Å². The summed E-state index contributed by atoms with van der Waals surface area (Å²) in [5.74, 6) is 2.83. The van der Waals surface area contributed by atoms with Gasteiger partial charge >= 0.3 is 0 Å². The minimum atomic E-state index is -0.215. The van der Waals surface area contributed by atoms with Crippen LogP contribution in [0.2, 0.25) is 5.02 Å². The Morgan fingerprint density at radius 3 is 2.96 bits per heavy atom. The molecule has 27 heavy (non-hydrogen) atoms. The average Bonchev–Trinajstić information content (AvgIpc) is 2.96. The van der Waals surface area contributed by atoms with Crippen molar-refractivity contribution in [3.05, 3.63) is 22.7 Å². The van der Waals surface area contributed by atoms with E-state index < -0.39 is 0 Å². The lowest BCUT2D eigenvalue weighted by molar-refractivity contribution is -0.174. The first-order valence-electron chi connectivity index (χ1n) is 9.57. The van der Waals surface area contributed by atoms with E-state index in [0.717, 1.165) is 12.8 Å². The van der Waals surface area contributed by atoms with Crippen LogP contribution in [0.25, 0.3) is 0 Å². The van der Waals surface area contributed by atoms with Crippen molar-refractivity contribution in [1.29, 1.82) is 0 Å². The van der Waals surface area contributed by atoms with Crippen LogP contribution < -0.4 is 15.8 Å². The van der Waals surface area contributed by atoms with Crippen molar-refractivity contribution >= 4 is 23.2 Å². The summed E-state index contributed by atoms with van der Waals surface area (Å²) < 4.78 is 5.88. The van der Waals surface area contributed by atoms with Crippen molar-refractivity contribution in [3.8, 4) is 18.1 Å². The number of nitrogens with two attached hydrogens (primary N) is 1. The Morgan fingerprint density at radius 2 is 2.33 bits per heavy atom. The number of terminal acetylenes is 1. The Labute approximate surface area is 165 Å². The second-order valence-corrected chi connectivity index (χ2v) is 8.69. The monoisotopic (exact) mass is 387 g/mol. The number of nitrogens with zero attached hydrogens (tertiary/aromatic N) is 1. The van der Waals surface area contributed by atoms with Crippen LogP contribution in [0.5, 0.6) is 5.75 Å². The predicted molar refractivity (Wildman–Crippen MR) is 107 cm³/mol. The van der Waals surface area contributed by atoms with Crippen molar-refractivity contribution in [2.45, 2.75) is 63.3 Å². The highest BCUT2D eigenvalue weighted by Crippen LogP contribution is 2.64. The molecule has 3 fully saturated rings. The molecule has 3 aliphatic rings. The fourth-order valence-electron chi connectivity index (χ4n) is 5.41. The molecular weight excluding hydrogens is 362 g/mol. The molecule has 3 N–H and O–H groups in total. The molecule has 1 spiro atoms. The molecule has 6 heteroatoms. The van der Waals surface area contributed by atoms with Gasteiger partial charge in [0.1, 0.15) is 11.9 Å². The molecule has 1 aromatic carbocycles. The van der Waals surface area contributed by atoms with Gasteiger partial charge in [0, 0.05) is 36.0 Å². The zero-order chi connectivity index (χ0) is 19.3. The van der Waals surface area contributed by atoms with Gasteiger partial charge in [0.25, 0.3) is 5.91 Å². The molecule has 5 nitrogen and oxygen atoms in total. The molecule has 1 heterocycles. The van der Waals surface area contributed by atoms with Crippen molar-refractivity contribution in [2.24, 2.45) is 5.41 Å². The fraction of sp³-hybridized carbons (Fsp3) is 0.571. The Kier molecular flexibility index (Phi) is 4.52. The number of halogens is 1. The van der Waals surface area contributed by atoms with Crippen LogP contribution in [-0.4, -0.2) is 42.1 Å². The number of carbonyl (C=O) groups excluding carboxylic acids is 1. The summed E-state index contributed by atoms with van der Waals surface area (Å²) in [5.41, 5.74) is 7.14. The van der Waals surface area contributed by atoms with Gasteiger partial charge < -0.3 is 15.8 Å². The lowest BCUT2D eigenvalue weighted by Gasteiger charge is -2.67. The summed E-state index contributed by atoms with van der Waals surface area (Å²) in [6, 6.07) is 4.69. The smallest absolute Gasteiger partial charge is 0.255 e. The van der Waals surface area contributed by atoms with E-state index >= 15 is 0 Å². The van der Waals surface area contributed by atoms with Crippen LogP contribution >= 0.6 is 11.6 Å². The third-order valence-corrected chi connectivity index (χ3v) is 7.07. The largest absolute Gasteiger partial charge is 0.489 e. The highest BCUT2D eigenvalue weighted by atomic mass is 35.5. The van der Waals surface area contributed by atoms with Crippen molar-refractivity contribution < 1.29 is 9.53 Å². The highest BCUT2D eigenvalue weighted by molar-refractivity contribution is 6.33. The number of hydrogen-bond donors (Lipinski definition) is 2. The molecule has 0 radical (unpaired) electrons. The number of likely N-dealkylation sites (tertiary alicyclic amines) is 1. The number of carbonyl (C=O) groups is 1. The van der Waals surface area contributed by atoms with Crippen LogP contribution in [0.1, 0.15) is 49.4 Å². The third-order valence-electron chi connectivity index (χ3n) is 6.74. The normalized spacial score (nSPS) is 32.3. The molecular formula is C21H26ClN3O2. The summed E-state index contributed by atoms with van der Waals surface area (Å²) in [6.07, 6.45) is 10.2. The molecule has 1 aliphatic heterocycles. The topological polar surface area (TPSA) is 67.6 Å². The van der Waals surface area contributed by atoms with Gasteiger partial charge in [-0.15, -0.1) is 12.3 Å². The van der Waals surface area contributed by atoms with Gasteiger partial charge in [0.15, 0.2) is 0 Å². The summed E-state index contributed by atoms with van der Waals surface area (Å²) in [7, 11) is 2.20. The zero-order valence-corrected chi connectivity index (χ0v) is 16.6. The van der Waals surface area contributed by atoms with Crippen molar-refractivity contribution in [1.82, 2.24) is 10.2 Å². The Bertz CT molecular complexity index is 820. The van der Waals surface area contributed by atoms with Gasteiger partial charge in [-0.2, -0.15) is 0 Å². The highest BCUT2D eigenvalue weighted by Gasteiger charge is 2.67. The predicted octanol–water partition coefficient (Wildman–Crippen LogP) is 3.07. The molecule has 1 saturated heterocycles. The fourth-order valence-corrected chi connectivity index (χ4v) is 5.57. The maximum absolute atomic E-state index is 13.0. The molecule has 1 amide bonds. The Balaban J connectivity index is 1.50. The third kappa shape index (κ3) is 2.86. The van der Waals surface area contributed by atoms with E-state index in [9.17, 15) is 4.79 Å². The summed E-state index contributed by atoms with van der Waals surface area (Å²) in [5, 5.41) is 3.55. The first-order valence-corrected chi connectivity index (χ1v) is 9.95. The molecule has 5 unspecified atom stereocenters. The zero-order valence-electron chi connectivity index (χ0n) is 15.8. The summed E-state index contributed by atoms with van der Waals surface area (Å²) in [6.45, 7) is 1.87. The van der Waals surface area contributed by atoms with Gasteiger partial charge in [-0.05, 0) is 45.7 Å². The minimum absolute atomic E-state index is 0.166. The number of nitrogen functional groups attached to an aromatic ring is 1. The van der Waals surface area contributed by atoms with Crippen LogP contribution in [0.4, 0.5) is 5.69 Å². The van der Waals surface area contributed by atoms with Gasteiger partial charge in [-0.3, -0.25) is 9.69 Å². The first-order chi connectivity index (χ1) is 12.9. The van der Waals surface area contributed by atoms with E-state index in [1.807, 2.05) is 6.92 Å². The van der Waals surface area contributed by atoms with Gasteiger partial charge in [0.2, 0.25) is 0 Å². The van der Waals surface area contributed by atoms with E-state index in [-0.39, 0.29) is 18.1 Å². The summed E-state index contributed by atoms with van der Waals surface area (Å²) in [4.78, 5) is 15.5. The van der Waals surface area contributed by atoms with E-state index in [2.05, 4.69) is 23.2 Å². The molecule has 0 aromatic heterocycles. The van der Waals surface area contributed by atoms with Gasteiger partial charge in [-0.1, -0.05) is 11.6 Å². The van der Waals surface area contributed by atoms with E-state index in [0.29, 0.717) is 45.9 Å². The quantitative estimate of drug-likeness (QED) is 0.602. The number of nitrogens with one attached hydrogen (secondary N) is 1. The lowest BCUT2D eigenvalue weighted by Crippen LogP contribution is -2.73. The molecule has 0 bridgehead atoms. The molecule has 5 atom stereocenters. The second kappa shape index (κ2) is 6.61. The first kappa shape index (κ1) is 18.5.